The van der Waals surface area contributed by atoms with E-state index in [9.17, 15) is 4.39 Å². The number of nitrogens with one attached hydrogen (secondary N) is 1. The smallest absolute Gasteiger partial charge is 0.193 e. The second-order valence-electron chi connectivity index (χ2n) is 6.53. The lowest BCUT2D eigenvalue weighted by Gasteiger charge is -2.37. The summed E-state index contributed by atoms with van der Waals surface area (Å²) in [7, 11) is 3.49. The number of anilines is 1. The molecule has 0 bridgehead atoms. The summed E-state index contributed by atoms with van der Waals surface area (Å²) >= 11 is 0. The highest BCUT2D eigenvalue weighted by molar-refractivity contribution is 5.80. The van der Waals surface area contributed by atoms with Crippen LogP contribution in [0.25, 0.3) is 0 Å². The highest BCUT2D eigenvalue weighted by Crippen LogP contribution is 2.20. The first-order chi connectivity index (χ1) is 13.2. The number of halogens is 1. The van der Waals surface area contributed by atoms with Crippen molar-refractivity contribution in [1.29, 1.82) is 0 Å². The van der Waals surface area contributed by atoms with Crippen molar-refractivity contribution in [3.05, 3.63) is 59.9 Å². The highest BCUT2D eigenvalue weighted by Gasteiger charge is 2.19. The number of nitrogens with zero attached hydrogens (tertiary/aromatic N) is 3. The fourth-order valence-electron chi connectivity index (χ4n) is 3.31. The molecule has 0 aromatic heterocycles. The van der Waals surface area contributed by atoms with E-state index in [1.165, 1.54) is 11.8 Å². The van der Waals surface area contributed by atoms with Gasteiger partial charge in [0, 0.05) is 45.5 Å². The Balaban J connectivity index is 1.48. The van der Waals surface area contributed by atoms with E-state index in [2.05, 4.69) is 32.2 Å². The molecule has 3 rings (SSSR count). The van der Waals surface area contributed by atoms with Gasteiger partial charge in [-0.15, -0.1) is 0 Å². The summed E-state index contributed by atoms with van der Waals surface area (Å²) in [6.07, 6.45) is 0.766. The van der Waals surface area contributed by atoms with Crippen LogP contribution in [-0.2, 0) is 6.42 Å². The van der Waals surface area contributed by atoms with Crippen LogP contribution in [0.3, 0.4) is 0 Å². The van der Waals surface area contributed by atoms with Crippen molar-refractivity contribution in [2.45, 2.75) is 6.42 Å². The molecule has 0 spiro atoms. The first-order valence-corrected chi connectivity index (χ1v) is 9.28. The quantitative estimate of drug-likeness (QED) is 0.649. The standard InChI is InChI=1S/C21H27FN4O/c1-23-21(24-11-10-17-4-3-5-18(22)16-17)26-14-12-25(13-15-26)19-6-8-20(27-2)9-7-19/h3-9,16H,10-15H2,1-2H3,(H,23,24). The number of hydrogen-bond donors (Lipinski definition) is 1. The zero-order valence-electron chi connectivity index (χ0n) is 16.0. The molecule has 1 saturated heterocycles. The molecule has 1 heterocycles. The van der Waals surface area contributed by atoms with Gasteiger partial charge in [-0.2, -0.15) is 0 Å². The molecule has 2 aromatic carbocycles. The van der Waals surface area contributed by atoms with Gasteiger partial charge in [-0.1, -0.05) is 12.1 Å². The van der Waals surface area contributed by atoms with Crippen LogP contribution < -0.4 is 15.0 Å². The molecule has 27 heavy (non-hydrogen) atoms. The molecule has 2 aromatic rings. The first kappa shape index (κ1) is 19.0. The van der Waals surface area contributed by atoms with Crippen LogP contribution in [-0.4, -0.2) is 57.7 Å². The summed E-state index contributed by atoms with van der Waals surface area (Å²) in [5, 5.41) is 3.40. The number of methoxy groups -OCH3 is 1. The molecule has 1 fully saturated rings. The Labute approximate surface area is 160 Å². The van der Waals surface area contributed by atoms with Crippen molar-refractivity contribution >= 4 is 11.6 Å². The Kier molecular flexibility index (Phi) is 6.52. The minimum Gasteiger partial charge on any atom is -0.497 e. The Morgan fingerprint density at radius 2 is 1.85 bits per heavy atom. The molecule has 144 valence electrons. The maximum absolute atomic E-state index is 13.3. The number of rotatable bonds is 5. The summed E-state index contributed by atoms with van der Waals surface area (Å²) in [5.74, 6) is 1.59. The predicted molar refractivity (Wildman–Crippen MR) is 108 cm³/mol. The number of guanidine groups is 1. The van der Waals surface area contributed by atoms with Crippen molar-refractivity contribution in [1.82, 2.24) is 10.2 Å². The van der Waals surface area contributed by atoms with E-state index >= 15 is 0 Å². The predicted octanol–water partition coefficient (Wildman–Crippen LogP) is 2.77. The van der Waals surface area contributed by atoms with Gasteiger partial charge in [0.1, 0.15) is 11.6 Å². The van der Waals surface area contributed by atoms with E-state index < -0.39 is 0 Å². The number of benzene rings is 2. The number of ether oxygens (including phenoxy) is 1. The summed E-state index contributed by atoms with van der Waals surface area (Å²) in [6, 6.07) is 14.9. The third-order valence-electron chi connectivity index (χ3n) is 4.81. The second kappa shape index (κ2) is 9.26. The maximum atomic E-state index is 13.3. The normalized spacial score (nSPS) is 15.0. The van der Waals surface area contributed by atoms with E-state index in [1.807, 2.05) is 18.2 Å². The van der Waals surface area contributed by atoms with Crippen LogP contribution in [0.4, 0.5) is 10.1 Å². The third kappa shape index (κ3) is 5.12. The molecule has 0 saturated carbocycles. The van der Waals surface area contributed by atoms with Crippen LogP contribution in [0.2, 0.25) is 0 Å². The van der Waals surface area contributed by atoms with Gasteiger partial charge in [-0.3, -0.25) is 4.99 Å². The van der Waals surface area contributed by atoms with Crippen molar-refractivity contribution in [2.75, 3.05) is 51.8 Å². The van der Waals surface area contributed by atoms with Crippen LogP contribution in [0.15, 0.2) is 53.5 Å². The van der Waals surface area contributed by atoms with E-state index in [1.54, 1.807) is 26.3 Å². The summed E-state index contributed by atoms with van der Waals surface area (Å²) < 4.78 is 18.5. The lowest BCUT2D eigenvalue weighted by atomic mass is 10.1. The summed E-state index contributed by atoms with van der Waals surface area (Å²) in [4.78, 5) is 9.04. The number of hydrogen-bond acceptors (Lipinski definition) is 3. The van der Waals surface area contributed by atoms with Gasteiger partial charge in [-0.05, 0) is 48.4 Å². The minimum atomic E-state index is -0.188. The van der Waals surface area contributed by atoms with Crippen LogP contribution in [0.5, 0.6) is 5.75 Å². The van der Waals surface area contributed by atoms with Gasteiger partial charge in [0.25, 0.3) is 0 Å². The molecular weight excluding hydrogens is 343 g/mol. The monoisotopic (exact) mass is 370 g/mol. The van der Waals surface area contributed by atoms with Crippen LogP contribution >= 0.6 is 0 Å². The SMILES string of the molecule is CN=C(NCCc1cccc(F)c1)N1CCN(c2ccc(OC)cc2)CC1. The van der Waals surface area contributed by atoms with Gasteiger partial charge in [0.15, 0.2) is 5.96 Å². The molecule has 1 aliphatic rings. The largest absolute Gasteiger partial charge is 0.497 e. The van der Waals surface area contributed by atoms with Gasteiger partial charge < -0.3 is 19.9 Å². The zero-order valence-corrected chi connectivity index (χ0v) is 16.0. The molecule has 0 atom stereocenters. The van der Waals surface area contributed by atoms with Gasteiger partial charge in [-0.25, -0.2) is 4.39 Å². The van der Waals surface area contributed by atoms with E-state index in [4.69, 9.17) is 4.74 Å². The molecule has 0 radical (unpaired) electrons. The lowest BCUT2D eigenvalue weighted by Crippen LogP contribution is -2.52. The Morgan fingerprint density at radius 1 is 1.11 bits per heavy atom. The van der Waals surface area contributed by atoms with Crippen molar-refractivity contribution in [3.8, 4) is 5.75 Å². The number of piperazine rings is 1. The third-order valence-corrected chi connectivity index (χ3v) is 4.81. The van der Waals surface area contributed by atoms with E-state index in [0.29, 0.717) is 0 Å². The Bertz CT molecular complexity index is 755. The molecule has 0 aliphatic carbocycles. The van der Waals surface area contributed by atoms with Gasteiger partial charge in [0.2, 0.25) is 0 Å². The molecule has 0 amide bonds. The summed E-state index contributed by atoms with van der Waals surface area (Å²) in [6.45, 7) is 4.43. The van der Waals surface area contributed by atoms with Crippen LogP contribution in [0.1, 0.15) is 5.56 Å². The van der Waals surface area contributed by atoms with Crippen molar-refractivity contribution < 1.29 is 9.13 Å². The lowest BCUT2D eigenvalue weighted by molar-refractivity contribution is 0.373. The highest BCUT2D eigenvalue weighted by atomic mass is 19.1. The topological polar surface area (TPSA) is 40.1 Å². The van der Waals surface area contributed by atoms with Crippen molar-refractivity contribution in [3.63, 3.8) is 0 Å². The fraction of sp³-hybridized carbons (Fsp3) is 0.381. The fourth-order valence-corrected chi connectivity index (χ4v) is 3.31. The minimum absolute atomic E-state index is 0.188. The average molecular weight is 370 g/mol. The Morgan fingerprint density at radius 3 is 2.48 bits per heavy atom. The first-order valence-electron chi connectivity index (χ1n) is 9.28. The molecule has 1 N–H and O–H groups in total. The zero-order chi connectivity index (χ0) is 19.1. The van der Waals surface area contributed by atoms with Crippen molar-refractivity contribution in [2.24, 2.45) is 4.99 Å². The molecular formula is C21H27FN4O. The molecule has 1 aliphatic heterocycles. The van der Waals surface area contributed by atoms with E-state index in [-0.39, 0.29) is 5.82 Å². The molecule has 6 heteroatoms. The summed E-state index contributed by atoms with van der Waals surface area (Å²) in [5.41, 5.74) is 2.20. The number of aliphatic imine (C=N–C) groups is 1. The van der Waals surface area contributed by atoms with Gasteiger partial charge >= 0.3 is 0 Å². The second-order valence-corrected chi connectivity index (χ2v) is 6.53. The van der Waals surface area contributed by atoms with Gasteiger partial charge in [0.05, 0.1) is 7.11 Å². The van der Waals surface area contributed by atoms with E-state index in [0.717, 1.165) is 56.4 Å². The molecule has 5 nitrogen and oxygen atoms in total. The average Bonchev–Trinajstić information content (AvgIpc) is 2.72. The maximum Gasteiger partial charge on any atom is 0.193 e. The Hall–Kier alpha value is -2.76. The van der Waals surface area contributed by atoms with Crippen LogP contribution in [0, 0.1) is 5.82 Å². The molecule has 0 unspecified atom stereocenters.